The van der Waals surface area contributed by atoms with E-state index in [4.69, 9.17) is 4.74 Å². The Morgan fingerprint density at radius 2 is 2.29 bits per heavy atom. The quantitative estimate of drug-likeness (QED) is 0.757. The zero-order valence-electron chi connectivity index (χ0n) is 11.1. The third-order valence-electron chi connectivity index (χ3n) is 5.07. The lowest BCUT2D eigenvalue weighted by Gasteiger charge is -2.31. The van der Waals surface area contributed by atoms with Crippen molar-refractivity contribution in [2.45, 2.75) is 51.2 Å². The van der Waals surface area contributed by atoms with E-state index in [1.54, 1.807) is 0 Å². The van der Waals surface area contributed by atoms with Crippen molar-refractivity contribution in [3.05, 3.63) is 12.2 Å². The second kappa shape index (κ2) is 4.40. The van der Waals surface area contributed by atoms with Crippen LogP contribution in [-0.4, -0.2) is 24.8 Å². The Hall–Kier alpha value is -0.340. The molecule has 0 aromatic rings. The number of nitrogens with one attached hydrogen (secondary N) is 1. The van der Waals surface area contributed by atoms with Gasteiger partial charge in [0.15, 0.2) is 0 Å². The fraction of sp³-hybridized carbons (Fsp3) is 0.867. The summed E-state index contributed by atoms with van der Waals surface area (Å²) in [7, 11) is 0. The Morgan fingerprint density at radius 1 is 1.41 bits per heavy atom. The fourth-order valence-electron chi connectivity index (χ4n) is 3.90. The van der Waals surface area contributed by atoms with E-state index in [-0.39, 0.29) is 5.60 Å². The lowest BCUT2D eigenvalue weighted by Crippen LogP contribution is -2.44. The Bertz CT molecular complexity index is 306. The SMILES string of the molecule is CC(NCC1(C)CCCO1)C1CC2C=CC1C2. The molecule has 2 fully saturated rings. The summed E-state index contributed by atoms with van der Waals surface area (Å²) in [6.07, 6.45) is 10.1. The van der Waals surface area contributed by atoms with Crippen LogP contribution in [0, 0.1) is 17.8 Å². The molecule has 0 aromatic heterocycles. The Morgan fingerprint density at radius 3 is 2.88 bits per heavy atom. The van der Waals surface area contributed by atoms with Gasteiger partial charge in [-0.1, -0.05) is 12.2 Å². The maximum absolute atomic E-state index is 5.84. The number of hydrogen-bond donors (Lipinski definition) is 1. The van der Waals surface area contributed by atoms with Crippen molar-refractivity contribution in [1.82, 2.24) is 5.32 Å². The van der Waals surface area contributed by atoms with Gasteiger partial charge in [0, 0.05) is 19.2 Å². The fourth-order valence-corrected chi connectivity index (χ4v) is 3.90. The first-order chi connectivity index (χ1) is 8.16. The second-order valence-corrected chi connectivity index (χ2v) is 6.52. The molecule has 1 saturated carbocycles. The topological polar surface area (TPSA) is 21.3 Å². The van der Waals surface area contributed by atoms with Crippen LogP contribution in [0.3, 0.4) is 0 Å². The number of allylic oxidation sites excluding steroid dienone is 2. The summed E-state index contributed by atoms with van der Waals surface area (Å²) in [5.41, 5.74) is 0.0989. The first kappa shape index (κ1) is 11.7. The lowest BCUT2D eigenvalue weighted by molar-refractivity contribution is 0.0173. The summed E-state index contributed by atoms with van der Waals surface area (Å²) >= 11 is 0. The molecule has 1 saturated heterocycles. The van der Waals surface area contributed by atoms with Crippen LogP contribution in [0.4, 0.5) is 0 Å². The van der Waals surface area contributed by atoms with E-state index in [2.05, 4.69) is 31.3 Å². The van der Waals surface area contributed by atoms with Crippen LogP contribution in [0.1, 0.15) is 39.5 Å². The van der Waals surface area contributed by atoms with Gasteiger partial charge >= 0.3 is 0 Å². The zero-order valence-corrected chi connectivity index (χ0v) is 11.1. The molecule has 5 unspecified atom stereocenters. The Balaban J connectivity index is 1.50. The van der Waals surface area contributed by atoms with Gasteiger partial charge in [-0.3, -0.25) is 0 Å². The molecule has 1 N–H and O–H groups in total. The average Bonchev–Trinajstić information content (AvgIpc) is 3.02. The van der Waals surface area contributed by atoms with Gasteiger partial charge < -0.3 is 10.1 Å². The molecule has 3 aliphatic rings. The van der Waals surface area contributed by atoms with Crippen LogP contribution in [0.5, 0.6) is 0 Å². The third-order valence-corrected chi connectivity index (χ3v) is 5.07. The minimum absolute atomic E-state index is 0.0989. The third kappa shape index (κ3) is 2.30. The molecule has 5 atom stereocenters. The molecule has 2 nitrogen and oxygen atoms in total. The number of ether oxygens (including phenoxy) is 1. The summed E-state index contributed by atoms with van der Waals surface area (Å²) < 4.78 is 5.84. The highest BCUT2D eigenvalue weighted by atomic mass is 16.5. The van der Waals surface area contributed by atoms with Crippen LogP contribution in [0.2, 0.25) is 0 Å². The minimum atomic E-state index is 0.0989. The summed E-state index contributed by atoms with van der Waals surface area (Å²) in [4.78, 5) is 0. The van der Waals surface area contributed by atoms with Crippen molar-refractivity contribution in [3.63, 3.8) is 0 Å². The molecule has 2 heteroatoms. The van der Waals surface area contributed by atoms with Crippen molar-refractivity contribution >= 4 is 0 Å². The van der Waals surface area contributed by atoms with E-state index in [1.807, 2.05) is 0 Å². The Kier molecular flexibility index (Phi) is 3.04. The molecule has 0 radical (unpaired) electrons. The van der Waals surface area contributed by atoms with Crippen molar-refractivity contribution in [3.8, 4) is 0 Å². The predicted molar refractivity (Wildman–Crippen MR) is 69.9 cm³/mol. The number of fused-ring (bicyclic) bond motifs is 2. The lowest BCUT2D eigenvalue weighted by atomic mass is 9.87. The van der Waals surface area contributed by atoms with Crippen LogP contribution in [-0.2, 0) is 4.74 Å². The van der Waals surface area contributed by atoms with E-state index in [0.29, 0.717) is 6.04 Å². The molecule has 0 spiro atoms. The molecule has 1 heterocycles. The van der Waals surface area contributed by atoms with E-state index in [9.17, 15) is 0 Å². The van der Waals surface area contributed by atoms with Gasteiger partial charge in [0.05, 0.1) is 5.60 Å². The van der Waals surface area contributed by atoms with Crippen molar-refractivity contribution in [2.24, 2.45) is 17.8 Å². The molecule has 0 aromatic carbocycles. The first-order valence-corrected chi connectivity index (χ1v) is 7.22. The average molecular weight is 235 g/mol. The molecule has 2 bridgehead atoms. The van der Waals surface area contributed by atoms with E-state index in [0.717, 1.165) is 30.9 Å². The smallest absolute Gasteiger partial charge is 0.0779 e. The van der Waals surface area contributed by atoms with Crippen LogP contribution in [0.15, 0.2) is 12.2 Å². The molecule has 0 amide bonds. The zero-order chi connectivity index (χ0) is 11.9. The minimum Gasteiger partial charge on any atom is -0.374 e. The molecular weight excluding hydrogens is 210 g/mol. The molecular formula is C15H25NO. The largest absolute Gasteiger partial charge is 0.374 e. The summed E-state index contributed by atoms with van der Waals surface area (Å²) in [5, 5.41) is 3.73. The van der Waals surface area contributed by atoms with Gasteiger partial charge in [-0.25, -0.2) is 0 Å². The Labute approximate surface area is 105 Å². The van der Waals surface area contributed by atoms with Crippen molar-refractivity contribution < 1.29 is 4.74 Å². The molecule has 96 valence electrons. The summed E-state index contributed by atoms with van der Waals surface area (Å²) in [6.45, 7) is 6.58. The van der Waals surface area contributed by atoms with Crippen LogP contribution < -0.4 is 5.32 Å². The van der Waals surface area contributed by atoms with E-state index < -0.39 is 0 Å². The van der Waals surface area contributed by atoms with E-state index in [1.165, 1.54) is 25.7 Å². The highest BCUT2D eigenvalue weighted by molar-refractivity contribution is 5.11. The van der Waals surface area contributed by atoms with Gasteiger partial charge in [-0.2, -0.15) is 0 Å². The predicted octanol–water partition coefficient (Wildman–Crippen LogP) is 2.75. The van der Waals surface area contributed by atoms with Gasteiger partial charge in [-0.05, 0) is 57.3 Å². The summed E-state index contributed by atoms with van der Waals surface area (Å²) in [6, 6.07) is 0.635. The summed E-state index contributed by atoms with van der Waals surface area (Å²) in [5.74, 6) is 2.59. The van der Waals surface area contributed by atoms with Gasteiger partial charge in [0.1, 0.15) is 0 Å². The molecule has 3 rings (SSSR count). The first-order valence-electron chi connectivity index (χ1n) is 7.22. The monoisotopic (exact) mass is 235 g/mol. The van der Waals surface area contributed by atoms with Crippen molar-refractivity contribution in [1.29, 1.82) is 0 Å². The van der Waals surface area contributed by atoms with Crippen molar-refractivity contribution in [2.75, 3.05) is 13.2 Å². The molecule has 2 aliphatic carbocycles. The number of hydrogen-bond acceptors (Lipinski definition) is 2. The highest BCUT2D eigenvalue weighted by Gasteiger charge is 2.39. The maximum Gasteiger partial charge on any atom is 0.0779 e. The second-order valence-electron chi connectivity index (χ2n) is 6.52. The molecule has 1 aliphatic heterocycles. The standard InChI is InChI=1S/C15H25NO/c1-11(14-9-12-4-5-13(14)8-12)16-10-15(2)6-3-7-17-15/h4-5,11-14,16H,3,6-10H2,1-2H3. The maximum atomic E-state index is 5.84. The molecule has 17 heavy (non-hydrogen) atoms. The van der Waals surface area contributed by atoms with E-state index >= 15 is 0 Å². The highest BCUT2D eigenvalue weighted by Crippen LogP contribution is 2.44. The number of rotatable bonds is 4. The van der Waals surface area contributed by atoms with Crippen LogP contribution >= 0.6 is 0 Å². The van der Waals surface area contributed by atoms with Gasteiger partial charge in [-0.15, -0.1) is 0 Å². The van der Waals surface area contributed by atoms with Gasteiger partial charge in [0.25, 0.3) is 0 Å². The van der Waals surface area contributed by atoms with Gasteiger partial charge in [0.2, 0.25) is 0 Å². The van der Waals surface area contributed by atoms with Crippen LogP contribution in [0.25, 0.3) is 0 Å². The normalized spacial score (nSPS) is 45.6.